The standard InChI is InChI=1S/C52H59BrN2O6/c1-3-5-7-9-11-13-15-35-58-46-29-25-44(26-30-46)54-38-40-17-21-42(22-18-40)51(56)60-48-33-34-49(53)50(37-48)61-52(57)43-23-19-41(20-24-43)39-55-45-27-31-47(32-28-45)59-36-16-14-12-10-8-6-4-2/h17-34,37-39H,3-16,35-36H2,1-2H3. The molecule has 0 aliphatic heterocycles. The average Bonchev–Trinajstić information content (AvgIpc) is 3.29. The Balaban J connectivity index is 1.04. The van der Waals surface area contributed by atoms with Crippen LogP contribution < -0.4 is 18.9 Å². The summed E-state index contributed by atoms with van der Waals surface area (Å²) >= 11 is 3.43. The van der Waals surface area contributed by atoms with E-state index in [0.717, 1.165) is 60.1 Å². The molecule has 0 aliphatic rings. The number of carbonyl (C=O) groups excluding carboxylic acids is 2. The van der Waals surface area contributed by atoms with Crippen LogP contribution in [0, 0.1) is 0 Å². The third-order valence-corrected chi connectivity index (χ3v) is 10.7. The van der Waals surface area contributed by atoms with Gasteiger partial charge in [-0.15, -0.1) is 0 Å². The Morgan fingerprint density at radius 2 is 0.869 bits per heavy atom. The number of carbonyl (C=O) groups is 2. The van der Waals surface area contributed by atoms with Crippen LogP contribution in [0.15, 0.2) is 130 Å². The third kappa shape index (κ3) is 17.2. The number of ether oxygens (including phenoxy) is 4. The number of unbranched alkanes of at least 4 members (excludes halogenated alkanes) is 12. The molecule has 0 saturated carbocycles. The molecule has 9 heteroatoms. The highest BCUT2D eigenvalue weighted by molar-refractivity contribution is 9.10. The van der Waals surface area contributed by atoms with Gasteiger partial charge in [0.25, 0.3) is 0 Å². The maximum Gasteiger partial charge on any atom is 0.343 e. The predicted octanol–water partition coefficient (Wildman–Crippen LogP) is 14.6. The lowest BCUT2D eigenvalue weighted by atomic mass is 10.1. The SMILES string of the molecule is CCCCCCCCCOc1ccc(N=Cc2ccc(C(=O)Oc3ccc(Br)c(OC(=O)c4ccc(C=Nc5ccc(OCCCCCCCCC)cc5)cc4)c3)cc2)cc1. The van der Waals surface area contributed by atoms with Crippen molar-refractivity contribution in [3.8, 4) is 23.0 Å². The number of benzene rings is 5. The second-order valence-electron chi connectivity index (χ2n) is 15.1. The molecule has 0 saturated heterocycles. The molecule has 0 radical (unpaired) electrons. The third-order valence-electron chi connectivity index (χ3n) is 10.0. The molecule has 61 heavy (non-hydrogen) atoms. The van der Waals surface area contributed by atoms with E-state index in [1.807, 2.05) is 48.5 Å². The molecule has 320 valence electrons. The number of hydrogen-bond donors (Lipinski definition) is 0. The monoisotopic (exact) mass is 886 g/mol. The van der Waals surface area contributed by atoms with Crippen LogP contribution in [0.4, 0.5) is 11.4 Å². The van der Waals surface area contributed by atoms with Crippen LogP contribution in [0.2, 0.25) is 0 Å². The Bertz CT molecular complexity index is 2110. The number of esters is 2. The second-order valence-corrected chi connectivity index (χ2v) is 15.9. The van der Waals surface area contributed by atoms with Crippen LogP contribution in [0.5, 0.6) is 23.0 Å². The minimum absolute atomic E-state index is 0.218. The highest BCUT2D eigenvalue weighted by Crippen LogP contribution is 2.31. The zero-order valence-corrected chi connectivity index (χ0v) is 37.2. The van der Waals surface area contributed by atoms with Gasteiger partial charge in [-0.3, -0.25) is 9.98 Å². The van der Waals surface area contributed by atoms with Gasteiger partial charge in [0.15, 0.2) is 0 Å². The van der Waals surface area contributed by atoms with Gasteiger partial charge in [-0.25, -0.2) is 9.59 Å². The van der Waals surface area contributed by atoms with E-state index in [2.05, 4.69) is 39.8 Å². The van der Waals surface area contributed by atoms with E-state index < -0.39 is 11.9 Å². The van der Waals surface area contributed by atoms with Crippen molar-refractivity contribution < 1.29 is 28.5 Å². The van der Waals surface area contributed by atoms with Crippen LogP contribution in [-0.4, -0.2) is 37.6 Å². The van der Waals surface area contributed by atoms with Gasteiger partial charge in [0.2, 0.25) is 0 Å². The van der Waals surface area contributed by atoms with Crippen molar-refractivity contribution in [3.05, 3.63) is 142 Å². The Morgan fingerprint density at radius 3 is 1.31 bits per heavy atom. The van der Waals surface area contributed by atoms with Crippen LogP contribution >= 0.6 is 15.9 Å². The summed E-state index contributed by atoms with van der Waals surface area (Å²) in [6, 6.07) is 34.2. The van der Waals surface area contributed by atoms with Crippen molar-refractivity contribution in [2.45, 2.75) is 104 Å². The summed E-state index contributed by atoms with van der Waals surface area (Å²) in [6.07, 6.45) is 21.0. The van der Waals surface area contributed by atoms with Crippen molar-refractivity contribution >= 4 is 51.7 Å². The van der Waals surface area contributed by atoms with E-state index in [0.29, 0.717) is 15.6 Å². The first-order valence-corrected chi connectivity index (χ1v) is 22.7. The fraction of sp³-hybridized carbons (Fsp3) is 0.346. The second kappa shape index (κ2) is 26.6. The fourth-order valence-corrected chi connectivity index (χ4v) is 6.74. The molecule has 5 aromatic rings. The summed E-state index contributed by atoms with van der Waals surface area (Å²) in [5.41, 5.74) is 3.99. The largest absolute Gasteiger partial charge is 0.494 e. The number of hydrogen-bond acceptors (Lipinski definition) is 8. The van der Waals surface area contributed by atoms with E-state index in [1.54, 1.807) is 73.1 Å². The van der Waals surface area contributed by atoms with Crippen molar-refractivity contribution in [2.75, 3.05) is 13.2 Å². The number of nitrogens with zero attached hydrogens (tertiary/aromatic N) is 2. The minimum Gasteiger partial charge on any atom is -0.494 e. The van der Waals surface area contributed by atoms with Crippen LogP contribution in [-0.2, 0) is 0 Å². The molecule has 0 unspecified atom stereocenters. The van der Waals surface area contributed by atoms with Crippen LogP contribution in [0.3, 0.4) is 0 Å². The summed E-state index contributed by atoms with van der Waals surface area (Å²) in [7, 11) is 0. The lowest BCUT2D eigenvalue weighted by Crippen LogP contribution is -2.10. The maximum absolute atomic E-state index is 13.1. The van der Waals surface area contributed by atoms with Gasteiger partial charge in [0.05, 0.1) is 40.2 Å². The molecule has 8 nitrogen and oxygen atoms in total. The van der Waals surface area contributed by atoms with Crippen LogP contribution in [0.1, 0.15) is 136 Å². The van der Waals surface area contributed by atoms with E-state index in [4.69, 9.17) is 18.9 Å². The first-order valence-electron chi connectivity index (χ1n) is 21.9. The Labute approximate surface area is 370 Å². The fourth-order valence-electron chi connectivity index (χ4n) is 6.41. The molecule has 0 spiro atoms. The topological polar surface area (TPSA) is 95.8 Å². The molecule has 0 heterocycles. The van der Waals surface area contributed by atoms with E-state index in [1.165, 1.54) is 83.1 Å². The summed E-state index contributed by atoms with van der Waals surface area (Å²) in [5.74, 6) is 1.03. The summed E-state index contributed by atoms with van der Waals surface area (Å²) in [5, 5.41) is 0. The number of rotatable bonds is 26. The quantitative estimate of drug-likeness (QED) is 0.0237. The summed E-state index contributed by atoms with van der Waals surface area (Å²) < 4.78 is 23.6. The van der Waals surface area contributed by atoms with Crippen molar-refractivity contribution in [3.63, 3.8) is 0 Å². The highest BCUT2D eigenvalue weighted by atomic mass is 79.9. The first kappa shape index (κ1) is 46.5. The lowest BCUT2D eigenvalue weighted by molar-refractivity contribution is 0.0732. The molecule has 0 atom stereocenters. The smallest absolute Gasteiger partial charge is 0.343 e. The van der Waals surface area contributed by atoms with E-state index >= 15 is 0 Å². The summed E-state index contributed by atoms with van der Waals surface area (Å²) in [6.45, 7) is 5.92. The molecule has 0 N–H and O–H groups in total. The number of aliphatic imine (C=N–C) groups is 2. The van der Waals surface area contributed by atoms with Gasteiger partial charge >= 0.3 is 11.9 Å². The molecule has 0 bridgehead atoms. The molecule has 5 aromatic carbocycles. The first-order chi connectivity index (χ1) is 29.9. The van der Waals surface area contributed by atoms with Crippen molar-refractivity contribution in [2.24, 2.45) is 9.98 Å². The predicted molar refractivity (Wildman–Crippen MR) is 251 cm³/mol. The molecule has 0 aliphatic carbocycles. The maximum atomic E-state index is 13.1. The Kier molecular flexibility index (Phi) is 20.3. The van der Waals surface area contributed by atoms with Gasteiger partial charge in [-0.1, -0.05) is 115 Å². The van der Waals surface area contributed by atoms with Crippen LogP contribution in [0.25, 0.3) is 0 Å². The van der Waals surface area contributed by atoms with Crippen molar-refractivity contribution in [1.82, 2.24) is 0 Å². The van der Waals surface area contributed by atoms with Gasteiger partial charge < -0.3 is 18.9 Å². The van der Waals surface area contributed by atoms with Gasteiger partial charge in [0.1, 0.15) is 23.0 Å². The average molecular weight is 888 g/mol. The van der Waals surface area contributed by atoms with E-state index in [-0.39, 0.29) is 11.5 Å². The van der Waals surface area contributed by atoms with E-state index in [9.17, 15) is 9.59 Å². The normalized spacial score (nSPS) is 11.3. The lowest BCUT2D eigenvalue weighted by Gasteiger charge is -2.10. The highest BCUT2D eigenvalue weighted by Gasteiger charge is 2.15. The minimum atomic E-state index is -0.555. The van der Waals surface area contributed by atoms with Gasteiger partial charge in [-0.2, -0.15) is 0 Å². The molecular weight excluding hydrogens is 828 g/mol. The Hall–Kier alpha value is -5.54. The zero-order chi connectivity index (χ0) is 42.9. The molecule has 0 amide bonds. The van der Waals surface area contributed by atoms with Gasteiger partial charge in [0, 0.05) is 18.5 Å². The zero-order valence-electron chi connectivity index (χ0n) is 35.7. The molecule has 0 aromatic heterocycles. The molecular formula is C52H59BrN2O6. The molecule has 0 fully saturated rings. The molecule has 5 rings (SSSR count). The van der Waals surface area contributed by atoms with Crippen molar-refractivity contribution in [1.29, 1.82) is 0 Å². The summed E-state index contributed by atoms with van der Waals surface area (Å²) in [4.78, 5) is 35.2. The Morgan fingerprint density at radius 1 is 0.475 bits per heavy atom. The van der Waals surface area contributed by atoms with Gasteiger partial charge in [-0.05, 0) is 125 Å². The number of halogens is 1.